The lowest BCUT2D eigenvalue weighted by atomic mass is 10.1. The fourth-order valence-electron chi connectivity index (χ4n) is 1.98. The van der Waals surface area contributed by atoms with Crippen LogP contribution in [0.4, 0.5) is 10.5 Å². The van der Waals surface area contributed by atoms with Gasteiger partial charge in [0.2, 0.25) is 0 Å². The van der Waals surface area contributed by atoms with Crippen LogP contribution in [-0.2, 0) is 4.74 Å². The van der Waals surface area contributed by atoms with Crippen LogP contribution in [0.1, 0.15) is 20.8 Å². The summed E-state index contributed by atoms with van der Waals surface area (Å²) in [5.41, 5.74) is 0.0668. The first kappa shape index (κ1) is 15.6. The Morgan fingerprint density at radius 2 is 1.81 bits per heavy atom. The Bertz CT molecular complexity index is 677. The molecule has 0 aliphatic rings. The third-order valence-corrected chi connectivity index (χ3v) is 3.65. The van der Waals surface area contributed by atoms with Gasteiger partial charge in [0.15, 0.2) is 0 Å². The van der Waals surface area contributed by atoms with Crippen molar-refractivity contribution in [1.29, 1.82) is 0 Å². The molecule has 0 unspecified atom stereocenters. The molecule has 0 atom stereocenters. The van der Waals surface area contributed by atoms with Gasteiger partial charge < -0.3 is 9.47 Å². The molecule has 2 rings (SSSR count). The molecular formula is C16H18BrNO3. The van der Waals surface area contributed by atoms with Crippen molar-refractivity contribution in [2.45, 2.75) is 26.4 Å². The molecule has 21 heavy (non-hydrogen) atoms. The van der Waals surface area contributed by atoms with E-state index < -0.39 is 11.7 Å². The molecule has 0 saturated carbocycles. The van der Waals surface area contributed by atoms with E-state index in [-0.39, 0.29) is 0 Å². The molecular weight excluding hydrogens is 334 g/mol. The van der Waals surface area contributed by atoms with Gasteiger partial charge in [-0.2, -0.15) is 0 Å². The highest BCUT2D eigenvalue weighted by Crippen LogP contribution is 2.38. The van der Waals surface area contributed by atoms with E-state index in [4.69, 9.17) is 9.47 Å². The second-order valence-electron chi connectivity index (χ2n) is 5.61. The largest absolute Gasteiger partial charge is 0.496 e. The maximum absolute atomic E-state index is 11.9. The Kier molecular flexibility index (Phi) is 4.42. The third kappa shape index (κ3) is 3.67. The van der Waals surface area contributed by atoms with Gasteiger partial charge in [-0.05, 0) is 36.7 Å². The van der Waals surface area contributed by atoms with Crippen molar-refractivity contribution in [3.8, 4) is 5.75 Å². The van der Waals surface area contributed by atoms with Crippen molar-refractivity contribution in [2.24, 2.45) is 0 Å². The number of benzene rings is 2. The Morgan fingerprint density at radius 3 is 2.38 bits per heavy atom. The van der Waals surface area contributed by atoms with Crippen LogP contribution in [0.2, 0.25) is 0 Å². The summed E-state index contributed by atoms with van der Waals surface area (Å²) in [6.45, 7) is 5.47. The van der Waals surface area contributed by atoms with Gasteiger partial charge in [0.05, 0.1) is 12.8 Å². The molecule has 0 aliphatic heterocycles. The quantitative estimate of drug-likeness (QED) is 0.831. The van der Waals surface area contributed by atoms with Gasteiger partial charge in [0.1, 0.15) is 11.4 Å². The van der Waals surface area contributed by atoms with E-state index in [0.717, 1.165) is 15.2 Å². The van der Waals surface area contributed by atoms with Crippen molar-refractivity contribution < 1.29 is 14.3 Å². The number of carbonyl (C=O) groups excluding carboxylic acids is 1. The maximum atomic E-state index is 11.9. The number of anilines is 1. The first-order chi connectivity index (χ1) is 9.81. The maximum Gasteiger partial charge on any atom is 0.412 e. The van der Waals surface area contributed by atoms with Gasteiger partial charge in [0.25, 0.3) is 0 Å². The van der Waals surface area contributed by atoms with Gasteiger partial charge in [-0.15, -0.1) is 0 Å². The fraction of sp³-hybridized carbons (Fsp3) is 0.312. The van der Waals surface area contributed by atoms with Crippen LogP contribution in [0, 0.1) is 0 Å². The summed E-state index contributed by atoms with van der Waals surface area (Å²) in [5, 5.41) is 4.68. The highest BCUT2D eigenvalue weighted by Gasteiger charge is 2.18. The van der Waals surface area contributed by atoms with Crippen LogP contribution in [0.3, 0.4) is 0 Å². The van der Waals surface area contributed by atoms with Crippen LogP contribution in [0.15, 0.2) is 34.8 Å². The molecule has 0 heterocycles. The van der Waals surface area contributed by atoms with Gasteiger partial charge in [-0.3, -0.25) is 5.32 Å². The lowest BCUT2D eigenvalue weighted by Gasteiger charge is -2.20. The number of hydrogen-bond acceptors (Lipinski definition) is 3. The molecule has 0 aromatic heterocycles. The summed E-state index contributed by atoms with van der Waals surface area (Å²) in [4.78, 5) is 11.9. The van der Waals surface area contributed by atoms with E-state index in [1.54, 1.807) is 13.2 Å². The van der Waals surface area contributed by atoms with Crippen LogP contribution in [0.25, 0.3) is 10.8 Å². The summed E-state index contributed by atoms with van der Waals surface area (Å²) in [7, 11) is 1.60. The predicted molar refractivity (Wildman–Crippen MR) is 88.1 cm³/mol. The van der Waals surface area contributed by atoms with E-state index in [0.29, 0.717) is 11.4 Å². The minimum absolute atomic E-state index is 0.500. The zero-order valence-electron chi connectivity index (χ0n) is 12.5. The number of ether oxygens (including phenoxy) is 2. The molecule has 1 amide bonds. The molecule has 2 aromatic rings. The molecule has 0 saturated heterocycles. The van der Waals surface area contributed by atoms with Crippen LogP contribution >= 0.6 is 15.9 Å². The number of fused-ring (bicyclic) bond motifs is 1. The van der Waals surface area contributed by atoms with Crippen LogP contribution in [0.5, 0.6) is 5.75 Å². The van der Waals surface area contributed by atoms with Crippen molar-refractivity contribution in [3.05, 3.63) is 34.8 Å². The second-order valence-corrected chi connectivity index (χ2v) is 6.41. The van der Waals surface area contributed by atoms with Gasteiger partial charge >= 0.3 is 6.09 Å². The third-order valence-electron chi connectivity index (χ3n) is 2.80. The highest BCUT2D eigenvalue weighted by atomic mass is 79.9. The molecule has 112 valence electrons. The number of rotatable bonds is 2. The van der Waals surface area contributed by atoms with Crippen molar-refractivity contribution in [2.75, 3.05) is 12.4 Å². The van der Waals surface area contributed by atoms with E-state index >= 15 is 0 Å². The van der Waals surface area contributed by atoms with Crippen molar-refractivity contribution in [3.63, 3.8) is 0 Å². The van der Waals surface area contributed by atoms with Gasteiger partial charge in [-0.1, -0.05) is 24.3 Å². The van der Waals surface area contributed by atoms with Gasteiger partial charge in [0, 0.05) is 21.3 Å². The zero-order valence-corrected chi connectivity index (χ0v) is 14.1. The lowest BCUT2D eigenvalue weighted by molar-refractivity contribution is 0.0636. The molecule has 0 aliphatic carbocycles. The number of nitrogens with one attached hydrogen (secondary N) is 1. The molecule has 0 spiro atoms. The van der Waals surface area contributed by atoms with E-state index in [9.17, 15) is 4.79 Å². The smallest absolute Gasteiger partial charge is 0.412 e. The second kappa shape index (κ2) is 5.93. The monoisotopic (exact) mass is 351 g/mol. The van der Waals surface area contributed by atoms with E-state index in [1.165, 1.54) is 0 Å². The number of hydrogen-bond donors (Lipinski definition) is 1. The standard InChI is InChI=1S/C16H18BrNO3/c1-16(2,3)21-15(19)18-12-9-13(20-4)10-7-5-6-8-11(10)14(12)17/h5-9H,1-4H3,(H,18,19). The number of carbonyl (C=O) groups is 1. The summed E-state index contributed by atoms with van der Waals surface area (Å²) >= 11 is 3.53. The zero-order chi connectivity index (χ0) is 15.6. The number of amides is 1. The Morgan fingerprint density at radius 1 is 1.19 bits per heavy atom. The van der Waals surface area contributed by atoms with Crippen LogP contribution in [-0.4, -0.2) is 18.8 Å². The first-order valence-corrected chi connectivity index (χ1v) is 7.36. The molecule has 2 aromatic carbocycles. The summed E-state index contributed by atoms with van der Waals surface area (Å²) in [5.74, 6) is 0.694. The molecule has 0 fully saturated rings. The lowest BCUT2D eigenvalue weighted by Crippen LogP contribution is -2.27. The van der Waals surface area contributed by atoms with E-state index in [1.807, 2.05) is 45.0 Å². The average molecular weight is 352 g/mol. The molecule has 0 radical (unpaired) electrons. The summed E-state index contributed by atoms with van der Waals surface area (Å²) < 4.78 is 11.5. The highest BCUT2D eigenvalue weighted by molar-refractivity contribution is 9.10. The molecule has 4 nitrogen and oxygen atoms in total. The molecule has 5 heteroatoms. The number of methoxy groups -OCH3 is 1. The summed E-state index contributed by atoms with van der Waals surface area (Å²) in [6.07, 6.45) is -0.500. The van der Waals surface area contributed by atoms with Crippen molar-refractivity contribution in [1.82, 2.24) is 0 Å². The normalized spacial score (nSPS) is 11.3. The molecule has 0 bridgehead atoms. The van der Waals surface area contributed by atoms with E-state index in [2.05, 4.69) is 21.2 Å². The average Bonchev–Trinajstić information content (AvgIpc) is 2.40. The molecule has 1 N–H and O–H groups in total. The van der Waals surface area contributed by atoms with Gasteiger partial charge in [-0.25, -0.2) is 4.79 Å². The number of halogens is 1. The predicted octanol–water partition coefficient (Wildman–Crippen LogP) is 4.96. The Hall–Kier alpha value is -1.75. The minimum atomic E-state index is -0.544. The topological polar surface area (TPSA) is 47.6 Å². The van der Waals surface area contributed by atoms with Crippen LogP contribution < -0.4 is 10.1 Å². The first-order valence-electron chi connectivity index (χ1n) is 6.57. The summed E-state index contributed by atoms with van der Waals surface area (Å²) in [6, 6.07) is 9.58. The SMILES string of the molecule is COc1cc(NC(=O)OC(C)(C)C)c(Br)c2ccccc12. The Balaban J connectivity index is 2.41. The fourth-order valence-corrected chi connectivity index (χ4v) is 2.54. The minimum Gasteiger partial charge on any atom is -0.496 e. The Labute approximate surface area is 132 Å². The van der Waals surface area contributed by atoms with Crippen molar-refractivity contribution >= 4 is 38.5 Å².